The first-order valence-corrected chi connectivity index (χ1v) is 17.9. The highest BCUT2D eigenvalue weighted by atomic mass is 15.1. The molecule has 52 heavy (non-hydrogen) atoms. The molecule has 0 unspecified atom stereocenters. The average molecular weight is 663 g/mol. The molecule has 0 aliphatic rings. The van der Waals surface area contributed by atoms with Crippen LogP contribution in [0.2, 0.25) is 0 Å². The smallest absolute Gasteiger partial charge is 0.0542 e. The molecule has 0 spiro atoms. The van der Waals surface area contributed by atoms with E-state index in [1.165, 1.54) is 65.6 Å². The van der Waals surface area contributed by atoms with Gasteiger partial charge in [0.15, 0.2) is 0 Å². The maximum Gasteiger partial charge on any atom is 0.0542 e. The van der Waals surface area contributed by atoms with Crippen LogP contribution in [0.1, 0.15) is 0 Å². The van der Waals surface area contributed by atoms with Crippen LogP contribution in [0, 0.1) is 0 Å². The fourth-order valence-corrected chi connectivity index (χ4v) is 8.09. The SMILES string of the molecule is c1ccc(-c2cccc3cccc(-c4ccccc4N(c4ccc5c(c4)c4ccccc4n5-c4ccccc4)c4cccc5ccccc45)c23)cc1. The molecule has 1 heterocycles. The third-order valence-corrected chi connectivity index (χ3v) is 10.4. The monoisotopic (exact) mass is 662 g/mol. The van der Waals surface area contributed by atoms with Gasteiger partial charge in [-0.15, -0.1) is 0 Å². The zero-order chi connectivity index (χ0) is 34.4. The normalized spacial score (nSPS) is 11.5. The van der Waals surface area contributed by atoms with E-state index in [2.05, 4.69) is 216 Å². The highest BCUT2D eigenvalue weighted by Gasteiger charge is 2.22. The van der Waals surface area contributed by atoms with Crippen molar-refractivity contribution in [2.24, 2.45) is 0 Å². The Morgan fingerprint density at radius 2 is 0.923 bits per heavy atom. The summed E-state index contributed by atoms with van der Waals surface area (Å²) in [6.45, 7) is 0. The molecule has 244 valence electrons. The lowest BCUT2D eigenvalue weighted by Gasteiger charge is -2.29. The Bertz CT molecular complexity index is 2890. The van der Waals surface area contributed by atoms with Gasteiger partial charge in [0.1, 0.15) is 0 Å². The van der Waals surface area contributed by atoms with Crippen molar-refractivity contribution in [2.45, 2.75) is 0 Å². The van der Waals surface area contributed by atoms with E-state index < -0.39 is 0 Å². The summed E-state index contributed by atoms with van der Waals surface area (Å²) in [5.74, 6) is 0. The molecule has 1 aromatic heterocycles. The number of hydrogen-bond donors (Lipinski definition) is 0. The quantitative estimate of drug-likeness (QED) is 0.172. The summed E-state index contributed by atoms with van der Waals surface area (Å²) < 4.78 is 2.38. The molecule has 10 rings (SSSR count). The second-order valence-electron chi connectivity index (χ2n) is 13.3. The van der Waals surface area contributed by atoms with Crippen LogP contribution in [-0.2, 0) is 0 Å². The van der Waals surface area contributed by atoms with E-state index in [4.69, 9.17) is 0 Å². The Morgan fingerprint density at radius 3 is 1.77 bits per heavy atom. The second kappa shape index (κ2) is 12.5. The lowest BCUT2D eigenvalue weighted by atomic mass is 9.90. The predicted molar refractivity (Wildman–Crippen MR) is 221 cm³/mol. The fourth-order valence-electron chi connectivity index (χ4n) is 8.09. The lowest BCUT2D eigenvalue weighted by Crippen LogP contribution is -2.12. The average Bonchev–Trinajstić information content (AvgIpc) is 3.55. The molecular weight excluding hydrogens is 629 g/mol. The Morgan fingerprint density at radius 1 is 0.346 bits per heavy atom. The highest BCUT2D eigenvalue weighted by molar-refractivity contribution is 6.13. The van der Waals surface area contributed by atoms with Crippen molar-refractivity contribution in [3.63, 3.8) is 0 Å². The summed E-state index contributed by atoms with van der Waals surface area (Å²) in [6, 6.07) is 74.7. The Kier molecular flexibility index (Phi) is 7.18. The van der Waals surface area contributed by atoms with Gasteiger partial charge < -0.3 is 9.47 Å². The first-order valence-electron chi connectivity index (χ1n) is 17.9. The number of para-hydroxylation sites is 3. The standard InChI is InChI=1S/C50H34N2/c1-3-16-36(17-4-1)41-27-13-20-37-21-14-28-44(50(37)41)42-25-9-11-29-47(42)52(46-31-15-19-35-18-7-8-24-40(35)46)39-32-33-49-45(34-39)43-26-10-12-30-48(43)51(49)38-22-5-2-6-23-38/h1-34H. The Balaban J connectivity index is 1.27. The van der Waals surface area contributed by atoms with Gasteiger partial charge in [-0.1, -0.05) is 158 Å². The molecule has 2 heteroatoms. The van der Waals surface area contributed by atoms with Crippen LogP contribution in [0.5, 0.6) is 0 Å². The molecule has 0 aliphatic carbocycles. The van der Waals surface area contributed by atoms with Crippen molar-refractivity contribution in [1.82, 2.24) is 4.57 Å². The van der Waals surface area contributed by atoms with Crippen molar-refractivity contribution < 1.29 is 0 Å². The number of rotatable bonds is 6. The largest absolute Gasteiger partial charge is 0.309 e. The molecule has 0 N–H and O–H groups in total. The lowest BCUT2D eigenvalue weighted by molar-refractivity contribution is 1.18. The molecule has 10 aromatic rings. The van der Waals surface area contributed by atoms with E-state index in [1.807, 2.05) is 0 Å². The van der Waals surface area contributed by atoms with Crippen LogP contribution in [0.15, 0.2) is 206 Å². The molecule has 2 nitrogen and oxygen atoms in total. The fraction of sp³-hybridized carbons (Fsp3) is 0. The van der Waals surface area contributed by atoms with Gasteiger partial charge in [-0.05, 0) is 81.4 Å². The minimum atomic E-state index is 1.11. The summed E-state index contributed by atoms with van der Waals surface area (Å²) in [5, 5.41) is 7.34. The topological polar surface area (TPSA) is 8.17 Å². The van der Waals surface area contributed by atoms with E-state index in [0.717, 1.165) is 22.7 Å². The van der Waals surface area contributed by atoms with Crippen LogP contribution >= 0.6 is 0 Å². The van der Waals surface area contributed by atoms with Crippen LogP contribution < -0.4 is 4.90 Å². The van der Waals surface area contributed by atoms with Gasteiger partial charge in [-0.2, -0.15) is 0 Å². The highest BCUT2D eigenvalue weighted by Crippen LogP contribution is 2.47. The zero-order valence-corrected chi connectivity index (χ0v) is 28.5. The van der Waals surface area contributed by atoms with Gasteiger partial charge >= 0.3 is 0 Å². The van der Waals surface area contributed by atoms with Gasteiger partial charge in [-0.25, -0.2) is 0 Å². The number of fused-ring (bicyclic) bond motifs is 5. The van der Waals surface area contributed by atoms with Gasteiger partial charge in [-0.3, -0.25) is 0 Å². The summed E-state index contributed by atoms with van der Waals surface area (Å²) >= 11 is 0. The van der Waals surface area contributed by atoms with Gasteiger partial charge in [0.2, 0.25) is 0 Å². The number of aromatic nitrogens is 1. The predicted octanol–water partition coefficient (Wildman–Crippen LogP) is 13.9. The third-order valence-electron chi connectivity index (χ3n) is 10.4. The molecule has 0 bridgehead atoms. The third kappa shape index (κ3) is 4.88. The molecule has 0 amide bonds. The van der Waals surface area contributed by atoms with Crippen molar-refractivity contribution in [3.05, 3.63) is 206 Å². The van der Waals surface area contributed by atoms with Gasteiger partial charge in [0, 0.05) is 33.1 Å². The van der Waals surface area contributed by atoms with Crippen LogP contribution in [0.25, 0.3) is 71.3 Å². The Hall–Kier alpha value is -6.90. The maximum absolute atomic E-state index is 2.47. The second-order valence-corrected chi connectivity index (χ2v) is 13.3. The Labute approximate surface area is 303 Å². The van der Waals surface area contributed by atoms with Gasteiger partial charge in [0.25, 0.3) is 0 Å². The van der Waals surface area contributed by atoms with Crippen LogP contribution in [-0.4, -0.2) is 4.57 Å². The number of anilines is 3. The molecule has 0 atom stereocenters. The summed E-state index contributed by atoms with van der Waals surface area (Å²) in [5.41, 5.74) is 11.7. The number of hydrogen-bond acceptors (Lipinski definition) is 1. The first-order chi connectivity index (χ1) is 25.8. The molecule has 0 radical (unpaired) electrons. The van der Waals surface area contributed by atoms with Gasteiger partial charge in [0.05, 0.1) is 22.4 Å². The van der Waals surface area contributed by atoms with Crippen LogP contribution in [0.3, 0.4) is 0 Å². The molecule has 0 aliphatic heterocycles. The maximum atomic E-state index is 2.47. The van der Waals surface area contributed by atoms with Crippen molar-refractivity contribution in [1.29, 1.82) is 0 Å². The van der Waals surface area contributed by atoms with E-state index >= 15 is 0 Å². The van der Waals surface area contributed by atoms with E-state index in [9.17, 15) is 0 Å². The molecule has 0 saturated carbocycles. The van der Waals surface area contributed by atoms with Crippen molar-refractivity contribution in [3.8, 4) is 27.9 Å². The number of benzene rings is 9. The summed E-state index contributed by atoms with van der Waals surface area (Å²) in [6.07, 6.45) is 0. The molecule has 0 fully saturated rings. The van der Waals surface area contributed by atoms with Crippen LogP contribution in [0.4, 0.5) is 17.1 Å². The zero-order valence-electron chi connectivity index (χ0n) is 28.5. The minimum Gasteiger partial charge on any atom is -0.309 e. The van der Waals surface area contributed by atoms with E-state index in [1.54, 1.807) is 0 Å². The summed E-state index contributed by atoms with van der Waals surface area (Å²) in [7, 11) is 0. The first kappa shape index (κ1) is 30.0. The van der Waals surface area contributed by atoms with Crippen molar-refractivity contribution >= 4 is 60.4 Å². The number of nitrogens with zero attached hydrogens (tertiary/aromatic N) is 2. The minimum absolute atomic E-state index is 1.11. The molecular formula is C50H34N2. The molecule has 0 saturated heterocycles. The van der Waals surface area contributed by atoms with Crippen molar-refractivity contribution in [2.75, 3.05) is 4.90 Å². The summed E-state index contributed by atoms with van der Waals surface area (Å²) in [4.78, 5) is 2.47. The van der Waals surface area contributed by atoms with E-state index in [-0.39, 0.29) is 0 Å². The molecule has 9 aromatic carbocycles. The van der Waals surface area contributed by atoms with E-state index in [0.29, 0.717) is 0 Å².